The average Bonchev–Trinajstić information content (AvgIpc) is 2.48. The highest BCUT2D eigenvalue weighted by atomic mass is 16.1. The van der Waals surface area contributed by atoms with E-state index < -0.39 is 0 Å². The standard InChI is InChI=1S/C18H18N2O/c1-12(2)15-11-20(16-9-5-4-7-13(16)3)18(21)14-8-6-10-19-17(14)15/h4-12H,1-3H3. The monoisotopic (exact) mass is 278 g/mol. The predicted octanol–water partition coefficient (Wildman–Crippen LogP) is 3.82. The lowest BCUT2D eigenvalue weighted by Crippen LogP contribution is -2.20. The molecule has 0 amide bonds. The Morgan fingerprint density at radius 1 is 1.10 bits per heavy atom. The maximum absolute atomic E-state index is 12.8. The van der Waals surface area contributed by atoms with Gasteiger partial charge in [-0.1, -0.05) is 32.0 Å². The number of benzene rings is 1. The molecule has 21 heavy (non-hydrogen) atoms. The van der Waals surface area contributed by atoms with Gasteiger partial charge in [0.25, 0.3) is 5.56 Å². The van der Waals surface area contributed by atoms with Gasteiger partial charge in [-0.3, -0.25) is 14.3 Å². The third kappa shape index (κ3) is 2.25. The normalized spacial score (nSPS) is 11.2. The third-order valence-electron chi connectivity index (χ3n) is 3.80. The van der Waals surface area contributed by atoms with E-state index in [0.717, 1.165) is 22.3 Å². The van der Waals surface area contributed by atoms with E-state index in [4.69, 9.17) is 0 Å². The summed E-state index contributed by atoms with van der Waals surface area (Å²) >= 11 is 0. The van der Waals surface area contributed by atoms with E-state index in [1.165, 1.54) is 0 Å². The molecule has 3 rings (SSSR count). The summed E-state index contributed by atoms with van der Waals surface area (Å²) in [6.07, 6.45) is 3.68. The number of fused-ring (bicyclic) bond motifs is 1. The Hall–Kier alpha value is -2.42. The lowest BCUT2D eigenvalue weighted by atomic mass is 10.0. The molecule has 0 aliphatic rings. The Balaban J connectivity index is 2.43. The summed E-state index contributed by atoms with van der Waals surface area (Å²) in [5.41, 5.74) is 3.89. The van der Waals surface area contributed by atoms with Crippen molar-refractivity contribution in [1.29, 1.82) is 0 Å². The van der Waals surface area contributed by atoms with E-state index in [1.807, 2.05) is 49.5 Å². The lowest BCUT2D eigenvalue weighted by molar-refractivity contribution is 0.843. The van der Waals surface area contributed by atoms with Crippen LogP contribution < -0.4 is 5.56 Å². The zero-order valence-electron chi connectivity index (χ0n) is 12.5. The van der Waals surface area contributed by atoms with Gasteiger partial charge in [0, 0.05) is 12.4 Å². The maximum Gasteiger partial charge on any atom is 0.264 e. The number of pyridine rings is 2. The van der Waals surface area contributed by atoms with Crippen LogP contribution in [0.25, 0.3) is 16.6 Å². The largest absolute Gasteiger partial charge is 0.283 e. The first-order chi connectivity index (χ1) is 10.1. The lowest BCUT2D eigenvalue weighted by Gasteiger charge is -2.15. The van der Waals surface area contributed by atoms with E-state index in [-0.39, 0.29) is 5.56 Å². The molecule has 0 atom stereocenters. The van der Waals surface area contributed by atoms with Gasteiger partial charge in [0.2, 0.25) is 0 Å². The van der Waals surface area contributed by atoms with Crippen LogP contribution in [0.2, 0.25) is 0 Å². The SMILES string of the molecule is Cc1ccccc1-n1cc(C(C)C)c2ncccc2c1=O. The molecule has 2 heterocycles. The van der Waals surface area contributed by atoms with Crippen molar-refractivity contribution < 1.29 is 0 Å². The molecular weight excluding hydrogens is 260 g/mol. The number of aryl methyl sites for hydroxylation is 1. The van der Waals surface area contributed by atoms with Gasteiger partial charge in [-0.05, 0) is 42.2 Å². The molecule has 3 heteroatoms. The van der Waals surface area contributed by atoms with Crippen LogP contribution in [0.15, 0.2) is 53.6 Å². The van der Waals surface area contributed by atoms with Crippen molar-refractivity contribution in [2.45, 2.75) is 26.7 Å². The van der Waals surface area contributed by atoms with Crippen LogP contribution in [-0.2, 0) is 0 Å². The molecule has 3 aromatic rings. The number of hydrogen-bond donors (Lipinski definition) is 0. The molecule has 0 aliphatic carbocycles. The molecule has 0 saturated carbocycles. The number of rotatable bonds is 2. The van der Waals surface area contributed by atoms with Crippen molar-refractivity contribution >= 4 is 10.9 Å². The van der Waals surface area contributed by atoms with Crippen LogP contribution in [0, 0.1) is 6.92 Å². The predicted molar refractivity (Wildman–Crippen MR) is 86.2 cm³/mol. The molecule has 0 N–H and O–H groups in total. The number of nitrogens with zero attached hydrogens (tertiary/aromatic N) is 2. The summed E-state index contributed by atoms with van der Waals surface area (Å²) in [5, 5.41) is 0.673. The molecule has 0 bridgehead atoms. The second kappa shape index (κ2) is 5.17. The quantitative estimate of drug-likeness (QED) is 0.714. The van der Waals surface area contributed by atoms with Gasteiger partial charge in [0.15, 0.2) is 0 Å². The van der Waals surface area contributed by atoms with Crippen molar-refractivity contribution in [1.82, 2.24) is 9.55 Å². The van der Waals surface area contributed by atoms with Crippen molar-refractivity contribution in [3.8, 4) is 5.69 Å². The van der Waals surface area contributed by atoms with Gasteiger partial charge in [0.1, 0.15) is 0 Å². The number of aromatic nitrogens is 2. The molecule has 0 fully saturated rings. The fraction of sp³-hybridized carbons (Fsp3) is 0.222. The second-order valence-corrected chi connectivity index (χ2v) is 5.60. The van der Waals surface area contributed by atoms with E-state index in [2.05, 4.69) is 18.8 Å². The number of para-hydroxylation sites is 1. The van der Waals surface area contributed by atoms with Crippen LogP contribution in [0.5, 0.6) is 0 Å². The average molecular weight is 278 g/mol. The first-order valence-electron chi connectivity index (χ1n) is 7.16. The van der Waals surface area contributed by atoms with Crippen molar-refractivity contribution in [2.75, 3.05) is 0 Å². The van der Waals surface area contributed by atoms with Crippen LogP contribution in [-0.4, -0.2) is 9.55 Å². The Kier molecular flexibility index (Phi) is 3.34. The van der Waals surface area contributed by atoms with Gasteiger partial charge < -0.3 is 0 Å². The number of hydrogen-bond acceptors (Lipinski definition) is 2. The van der Waals surface area contributed by atoms with Crippen LogP contribution in [0.4, 0.5) is 0 Å². The molecule has 3 nitrogen and oxygen atoms in total. The van der Waals surface area contributed by atoms with Crippen molar-refractivity contribution in [3.63, 3.8) is 0 Å². The highest BCUT2D eigenvalue weighted by Crippen LogP contribution is 2.23. The fourth-order valence-electron chi connectivity index (χ4n) is 2.63. The Bertz CT molecular complexity index is 862. The minimum atomic E-state index is -0.0169. The fourth-order valence-corrected chi connectivity index (χ4v) is 2.63. The Morgan fingerprint density at radius 2 is 1.86 bits per heavy atom. The molecule has 0 unspecified atom stereocenters. The third-order valence-corrected chi connectivity index (χ3v) is 3.80. The van der Waals surface area contributed by atoms with E-state index >= 15 is 0 Å². The highest BCUT2D eigenvalue weighted by molar-refractivity contribution is 5.81. The van der Waals surface area contributed by atoms with Crippen LogP contribution in [0.1, 0.15) is 30.9 Å². The first-order valence-corrected chi connectivity index (χ1v) is 7.16. The van der Waals surface area contributed by atoms with Gasteiger partial charge in [-0.25, -0.2) is 0 Å². The summed E-state index contributed by atoms with van der Waals surface area (Å²) < 4.78 is 1.74. The second-order valence-electron chi connectivity index (χ2n) is 5.60. The van der Waals surface area contributed by atoms with Gasteiger partial charge in [-0.2, -0.15) is 0 Å². The topological polar surface area (TPSA) is 34.9 Å². The van der Waals surface area contributed by atoms with Crippen molar-refractivity contribution in [2.24, 2.45) is 0 Å². The zero-order valence-corrected chi connectivity index (χ0v) is 12.5. The van der Waals surface area contributed by atoms with Crippen molar-refractivity contribution in [3.05, 3.63) is 70.3 Å². The first kappa shape index (κ1) is 13.6. The van der Waals surface area contributed by atoms with Gasteiger partial charge in [0.05, 0.1) is 16.6 Å². The Labute approximate surface area is 123 Å². The summed E-state index contributed by atoms with van der Waals surface area (Å²) in [4.78, 5) is 17.2. The smallest absolute Gasteiger partial charge is 0.264 e. The molecule has 0 saturated heterocycles. The summed E-state index contributed by atoms with van der Waals surface area (Å²) in [6, 6.07) is 11.6. The maximum atomic E-state index is 12.8. The van der Waals surface area contributed by atoms with E-state index in [9.17, 15) is 4.79 Å². The summed E-state index contributed by atoms with van der Waals surface area (Å²) in [6.45, 7) is 6.26. The molecule has 0 aliphatic heterocycles. The minimum absolute atomic E-state index is 0.0169. The molecular formula is C18H18N2O. The molecule has 1 aromatic carbocycles. The molecule has 2 aromatic heterocycles. The summed E-state index contributed by atoms with van der Waals surface area (Å²) in [7, 11) is 0. The minimum Gasteiger partial charge on any atom is -0.283 e. The molecule has 0 radical (unpaired) electrons. The van der Waals surface area contributed by atoms with Crippen LogP contribution >= 0.6 is 0 Å². The van der Waals surface area contributed by atoms with Gasteiger partial charge >= 0.3 is 0 Å². The van der Waals surface area contributed by atoms with Crippen LogP contribution in [0.3, 0.4) is 0 Å². The zero-order chi connectivity index (χ0) is 15.0. The van der Waals surface area contributed by atoms with E-state index in [0.29, 0.717) is 11.3 Å². The van der Waals surface area contributed by atoms with Gasteiger partial charge in [-0.15, -0.1) is 0 Å². The molecule has 0 spiro atoms. The highest BCUT2D eigenvalue weighted by Gasteiger charge is 2.13. The molecule has 106 valence electrons. The van der Waals surface area contributed by atoms with E-state index in [1.54, 1.807) is 10.8 Å². The Morgan fingerprint density at radius 3 is 2.57 bits per heavy atom. The summed E-state index contributed by atoms with van der Waals surface area (Å²) in [5.74, 6) is 0.304.